The molecule has 56 heavy (non-hydrogen) atoms. The number of pyridine rings is 1. The molecule has 6 nitrogen and oxygen atoms in total. The molecule has 0 saturated heterocycles. The minimum absolute atomic E-state index is 0.565. The van der Waals surface area contributed by atoms with Crippen LogP contribution in [-0.2, 0) is 0 Å². The van der Waals surface area contributed by atoms with Gasteiger partial charge in [-0.1, -0.05) is 146 Å². The lowest BCUT2D eigenvalue weighted by molar-refractivity contribution is 1.05. The Hall–Kier alpha value is -7.70. The molecule has 11 aromatic rings. The van der Waals surface area contributed by atoms with Crippen molar-refractivity contribution in [3.05, 3.63) is 194 Å². The van der Waals surface area contributed by atoms with E-state index in [1.807, 2.05) is 42.6 Å². The van der Waals surface area contributed by atoms with Gasteiger partial charge in [0.25, 0.3) is 0 Å². The van der Waals surface area contributed by atoms with Crippen LogP contribution in [0.25, 0.3) is 100 Å². The summed E-state index contributed by atoms with van der Waals surface area (Å²) >= 11 is 0. The van der Waals surface area contributed by atoms with Gasteiger partial charge in [-0.05, 0) is 53.6 Å². The Kier molecular flexibility index (Phi) is 7.38. The van der Waals surface area contributed by atoms with Crippen LogP contribution < -0.4 is 0 Å². The van der Waals surface area contributed by atoms with Gasteiger partial charge in [0, 0.05) is 50.1 Å². The Bertz CT molecular complexity index is 3200. The smallest absolute Gasteiger partial charge is 0.165 e. The number of rotatable bonds is 6. The van der Waals surface area contributed by atoms with Crippen LogP contribution in [0.4, 0.5) is 0 Å². The van der Waals surface area contributed by atoms with Crippen LogP contribution >= 0.6 is 0 Å². The van der Waals surface area contributed by atoms with E-state index in [9.17, 15) is 0 Å². The highest BCUT2D eigenvalue weighted by molar-refractivity contribution is 6.26. The number of hydrogen-bond donors (Lipinski definition) is 0. The van der Waals surface area contributed by atoms with E-state index in [0.717, 1.165) is 61.4 Å². The molecule has 0 aliphatic carbocycles. The van der Waals surface area contributed by atoms with Crippen molar-refractivity contribution in [1.29, 1.82) is 0 Å². The van der Waals surface area contributed by atoms with Crippen LogP contribution in [0.1, 0.15) is 0 Å². The highest BCUT2D eigenvalue weighted by atomic mass is 15.1. The summed E-state index contributed by atoms with van der Waals surface area (Å²) in [6.07, 6.45) is 1.88. The molecule has 4 aromatic heterocycles. The molecule has 0 spiro atoms. The van der Waals surface area contributed by atoms with E-state index in [4.69, 9.17) is 19.9 Å². The third-order valence-electron chi connectivity index (χ3n) is 10.6. The Morgan fingerprint density at radius 3 is 1.48 bits per heavy atom. The number of fused-ring (bicyclic) bond motifs is 7. The van der Waals surface area contributed by atoms with E-state index in [1.165, 1.54) is 21.5 Å². The summed E-state index contributed by atoms with van der Waals surface area (Å²) < 4.78 is 4.67. The molecule has 6 heteroatoms. The van der Waals surface area contributed by atoms with Gasteiger partial charge in [-0.15, -0.1) is 0 Å². The molecule has 0 aliphatic heterocycles. The minimum Gasteiger partial charge on any atom is -0.309 e. The number of hydrogen-bond acceptors (Lipinski definition) is 4. The van der Waals surface area contributed by atoms with Crippen LogP contribution in [-0.4, -0.2) is 29.1 Å². The topological polar surface area (TPSA) is 61.4 Å². The predicted molar refractivity (Wildman–Crippen MR) is 228 cm³/mol. The zero-order valence-electron chi connectivity index (χ0n) is 30.2. The Morgan fingerprint density at radius 1 is 0.321 bits per heavy atom. The molecule has 11 rings (SSSR count). The van der Waals surface area contributed by atoms with E-state index in [-0.39, 0.29) is 0 Å². The summed E-state index contributed by atoms with van der Waals surface area (Å²) in [6, 6.07) is 65.4. The molecule has 4 heterocycles. The summed E-state index contributed by atoms with van der Waals surface area (Å²) in [5.74, 6) is 2.60. The largest absolute Gasteiger partial charge is 0.309 e. The normalized spacial score (nSPS) is 11.6. The SMILES string of the molecule is c1ccc(-c2ccc(-c3nc(-c4ccccc4)nc(-c4ccc(-n5c6ccccc6c6ccc7c(c8ccccc8n7-c7ccccc7)c65)nc4)n3)cc2)cc1. The molecule has 0 radical (unpaired) electrons. The second-order valence-electron chi connectivity index (χ2n) is 13.9. The number of aromatic nitrogens is 6. The van der Waals surface area contributed by atoms with Crippen molar-refractivity contribution in [3.8, 4) is 56.8 Å². The third kappa shape index (κ3) is 5.19. The van der Waals surface area contributed by atoms with Gasteiger partial charge in [-0.25, -0.2) is 19.9 Å². The Labute approximate surface area is 322 Å². The maximum atomic E-state index is 5.16. The van der Waals surface area contributed by atoms with Gasteiger partial charge in [0.15, 0.2) is 17.5 Å². The van der Waals surface area contributed by atoms with Crippen molar-refractivity contribution in [3.63, 3.8) is 0 Å². The van der Waals surface area contributed by atoms with E-state index in [1.54, 1.807) is 0 Å². The third-order valence-corrected chi connectivity index (χ3v) is 10.6. The fraction of sp³-hybridized carbons (Fsp3) is 0. The van der Waals surface area contributed by atoms with Crippen molar-refractivity contribution >= 4 is 43.6 Å². The predicted octanol–water partition coefficient (Wildman–Crippen LogP) is 12.1. The molecule has 0 fully saturated rings. The maximum Gasteiger partial charge on any atom is 0.165 e. The fourth-order valence-electron chi connectivity index (χ4n) is 8.05. The van der Waals surface area contributed by atoms with Gasteiger partial charge >= 0.3 is 0 Å². The van der Waals surface area contributed by atoms with E-state index >= 15 is 0 Å². The highest BCUT2D eigenvalue weighted by Gasteiger charge is 2.21. The lowest BCUT2D eigenvalue weighted by atomic mass is 10.0. The Balaban J connectivity index is 1.08. The number of para-hydroxylation sites is 3. The monoisotopic (exact) mass is 716 g/mol. The van der Waals surface area contributed by atoms with Crippen LogP contribution in [0.3, 0.4) is 0 Å². The van der Waals surface area contributed by atoms with Gasteiger partial charge in [-0.3, -0.25) is 4.57 Å². The zero-order valence-corrected chi connectivity index (χ0v) is 30.2. The standard InChI is InChI=1S/C50H32N6/c1-4-14-33(15-5-1)34-24-26-36(27-25-34)49-52-48(35-16-6-2-7-17-35)53-50(54-49)37-28-31-45(51-32-37)56-42-22-12-10-20-39(42)40-29-30-44-46(47(40)56)41-21-11-13-23-43(41)55(44)38-18-8-3-9-19-38/h1-32H. The van der Waals surface area contributed by atoms with Crippen molar-refractivity contribution < 1.29 is 0 Å². The van der Waals surface area contributed by atoms with Crippen LogP contribution in [0.2, 0.25) is 0 Å². The van der Waals surface area contributed by atoms with Gasteiger partial charge in [0.05, 0.1) is 22.1 Å². The van der Waals surface area contributed by atoms with Crippen molar-refractivity contribution in [2.24, 2.45) is 0 Å². The molecule has 0 N–H and O–H groups in total. The molecule has 0 aliphatic rings. The molecule has 7 aromatic carbocycles. The van der Waals surface area contributed by atoms with Crippen LogP contribution in [0.5, 0.6) is 0 Å². The summed E-state index contributed by atoms with van der Waals surface area (Å²) in [4.78, 5) is 20.1. The maximum absolute atomic E-state index is 5.16. The summed E-state index contributed by atoms with van der Waals surface area (Å²) in [7, 11) is 0. The molecular formula is C50H32N6. The molecule has 262 valence electrons. The minimum atomic E-state index is 0.565. The summed E-state index contributed by atoms with van der Waals surface area (Å²) in [5, 5.41) is 4.75. The molecule has 0 saturated carbocycles. The van der Waals surface area contributed by atoms with Crippen molar-refractivity contribution in [2.75, 3.05) is 0 Å². The first-order valence-electron chi connectivity index (χ1n) is 18.7. The Morgan fingerprint density at radius 2 is 0.821 bits per heavy atom. The number of nitrogens with zero attached hydrogens (tertiary/aromatic N) is 6. The second-order valence-corrected chi connectivity index (χ2v) is 13.9. The van der Waals surface area contributed by atoms with E-state index in [0.29, 0.717) is 17.5 Å². The molecule has 0 amide bonds. The summed E-state index contributed by atoms with van der Waals surface area (Å²) in [5.41, 5.74) is 10.6. The van der Waals surface area contributed by atoms with E-state index < -0.39 is 0 Å². The zero-order chi connectivity index (χ0) is 37.0. The molecule has 0 unspecified atom stereocenters. The second kappa shape index (κ2) is 13.0. The quantitative estimate of drug-likeness (QED) is 0.172. The first-order valence-corrected chi connectivity index (χ1v) is 18.7. The van der Waals surface area contributed by atoms with Crippen molar-refractivity contribution in [2.45, 2.75) is 0 Å². The van der Waals surface area contributed by atoms with Gasteiger partial charge in [-0.2, -0.15) is 0 Å². The first kappa shape index (κ1) is 31.8. The molecule has 0 bridgehead atoms. The van der Waals surface area contributed by atoms with Gasteiger partial charge in [0.1, 0.15) is 5.82 Å². The fourth-order valence-corrected chi connectivity index (χ4v) is 8.05. The molecular weight excluding hydrogens is 685 g/mol. The molecule has 0 atom stereocenters. The van der Waals surface area contributed by atoms with Crippen molar-refractivity contribution in [1.82, 2.24) is 29.1 Å². The lowest BCUT2D eigenvalue weighted by Gasteiger charge is -2.11. The average Bonchev–Trinajstić information content (AvgIpc) is 3.80. The first-order chi connectivity index (χ1) is 27.8. The van der Waals surface area contributed by atoms with Crippen LogP contribution in [0.15, 0.2) is 194 Å². The van der Waals surface area contributed by atoms with E-state index in [2.05, 4.69) is 161 Å². The van der Waals surface area contributed by atoms with Crippen LogP contribution in [0, 0.1) is 0 Å². The highest BCUT2D eigenvalue weighted by Crippen LogP contribution is 2.41. The lowest BCUT2D eigenvalue weighted by Crippen LogP contribution is -2.02. The van der Waals surface area contributed by atoms with Gasteiger partial charge in [0.2, 0.25) is 0 Å². The number of benzene rings is 7. The average molecular weight is 717 g/mol. The van der Waals surface area contributed by atoms with Gasteiger partial charge < -0.3 is 4.57 Å². The summed E-state index contributed by atoms with van der Waals surface area (Å²) in [6.45, 7) is 0.